The molecule has 3 heterocycles. The van der Waals surface area contributed by atoms with Crippen LogP contribution in [0.15, 0.2) is 43.1 Å². The lowest BCUT2D eigenvalue weighted by atomic mass is 9.98. The Hall–Kier alpha value is -3.26. The first-order chi connectivity index (χ1) is 13.6. The summed E-state index contributed by atoms with van der Waals surface area (Å²) in [5.41, 5.74) is 3.36. The lowest BCUT2D eigenvalue weighted by molar-refractivity contribution is 0.409. The third-order valence-corrected chi connectivity index (χ3v) is 4.59. The summed E-state index contributed by atoms with van der Waals surface area (Å²) in [6, 6.07) is 6.38. The predicted octanol–water partition coefficient (Wildman–Crippen LogP) is 4.39. The van der Waals surface area contributed by atoms with Crippen LogP contribution >= 0.6 is 11.6 Å². The topological polar surface area (TPSA) is 88.6 Å². The number of fused-ring (bicyclic) bond motifs is 1. The molecule has 0 aliphatic carbocycles. The Balaban J connectivity index is 1.77. The van der Waals surface area contributed by atoms with Gasteiger partial charge in [0, 0.05) is 28.4 Å². The summed E-state index contributed by atoms with van der Waals surface area (Å²) in [7, 11) is 1.57. The highest BCUT2D eigenvalue weighted by Gasteiger charge is 2.19. The molecule has 0 spiro atoms. The van der Waals surface area contributed by atoms with Crippen LogP contribution in [-0.4, -0.2) is 32.0 Å². The van der Waals surface area contributed by atoms with E-state index in [2.05, 4.69) is 30.2 Å². The number of aromatic nitrogens is 5. The van der Waals surface area contributed by atoms with E-state index < -0.39 is 5.95 Å². The van der Waals surface area contributed by atoms with Crippen molar-refractivity contribution in [1.29, 1.82) is 0 Å². The standard InChI is InChI=1S/C19H16ClFN6O/c1-10(27-19-16-18(24-8-23-16)25-9-26-19)13-6-12(20)7-14(17(13)28-2)11-3-4-22-15(21)5-11/h3-10H,1-2H3,(H2,23,24,25,26,27). The highest BCUT2D eigenvalue weighted by Crippen LogP contribution is 2.39. The molecule has 1 atom stereocenters. The second-order valence-corrected chi connectivity index (χ2v) is 6.57. The summed E-state index contributed by atoms with van der Waals surface area (Å²) >= 11 is 6.36. The molecule has 0 amide bonds. The van der Waals surface area contributed by atoms with Crippen molar-refractivity contribution in [1.82, 2.24) is 24.9 Å². The van der Waals surface area contributed by atoms with Crippen LogP contribution in [-0.2, 0) is 0 Å². The normalized spacial score (nSPS) is 12.1. The third-order valence-electron chi connectivity index (χ3n) is 4.37. The van der Waals surface area contributed by atoms with Gasteiger partial charge in [0.25, 0.3) is 0 Å². The Morgan fingerprint density at radius 2 is 2.04 bits per heavy atom. The molecule has 0 bridgehead atoms. The minimum atomic E-state index is -0.574. The van der Waals surface area contributed by atoms with Gasteiger partial charge in [-0.05, 0) is 30.7 Å². The number of rotatable bonds is 5. The van der Waals surface area contributed by atoms with Gasteiger partial charge in [-0.2, -0.15) is 4.39 Å². The number of H-pyrrole nitrogens is 1. The summed E-state index contributed by atoms with van der Waals surface area (Å²) in [5, 5.41) is 3.84. The number of ether oxygens (including phenoxy) is 1. The monoisotopic (exact) mass is 398 g/mol. The van der Waals surface area contributed by atoms with Crippen molar-refractivity contribution < 1.29 is 9.13 Å². The van der Waals surface area contributed by atoms with Gasteiger partial charge in [0.1, 0.15) is 17.6 Å². The number of nitrogens with zero attached hydrogens (tertiary/aromatic N) is 4. The Kier molecular flexibility index (Phi) is 4.79. The lowest BCUT2D eigenvalue weighted by Gasteiger charge is -2.21. The first kappa shape index (κ1) is 18.1. The van der Waals surface area contributed by atoms with Gasteiger partial charge in [-0.15, -0.1) is 0 Å². The van der Waals surface area contributed by atoms with Gasteiger partial charge in [0.05, 0.1) is 19.5 Å². The van der Waals surface area contributed by atoms with E-state index in [1.54, 1.807) is 25.6 Å². The average molecular weight is 399 g/mol. The van der Waals surface area contributed by atoms with E-state index in [9.17, 15) is 4.39 Å². The lowest BCUT2D eigenvalue weighted by Crippen LogP contribution is -2.10. The van der Waals surface area contributed by atoms with E-state index in [1.807, 2.05) is 13.0 Å². The van der Waals surface area contributed by atoms with E-state index in [0.29, 0.717) is 38.9 Å². The van der Waals surface area contributed by atoms with Crippen molar-refractivity contribution in [2.24, 2.45) is 0 Å². The van der Waals surface area contributed by atoms with Crippen LogP contribution in [0, 0.1) is 5.95 Å². The molecular formula is C19H16ClFN6O. The zero-order valence-electron chi connectivity index (χ0n) is 15.1. The molecule has 142 valence electrons. The van der Waals surface area contributed by atoms with Crippen LogP contribution in [0.2, 0.25) is 5.02 Å². The number of anilines is 1. The van der Waals surface area contributed by atoms with E-state index in [1.165, 1.54) is 18.6 Å². The minimum Gasteiger partial charge on any atom is -0.496 e. The molecule has 4 aromatic rings. The van der Waals surface area contributed by atoms with Crippen molar-refractivity contribution >= 4 is 28.6 Å². The van der Waals surface area contributed by atoms with Gasteiger partial charge in [-0.1, -0.05) is 11.6 Å². The predicted molar refractivity (Wildman–Crippen MR) is 105 cm³/mol. The van der Waals surface area contributed by atoms with Gasteiger partial charge in [-0.3, -0.25) is 0 Å². The Labute approximate surface area is 165 Å². The summed E-state index contributed by atoms with van der Waals surface area (Å²) < 4.78 is 19.3. The second kappa shape index (κ2) is 7.40. The molecule has 0 fully saturated rings. The SMILES string of the molecule is COc1c(-c2ccnc(F)c2)cc(Cl)cc1C(C)Nc1ncnc2nc[nH]c12. The number of halogens is 2. The Morgan fingerprint density at radius 1 is 1.18 bits per heavy atom. The quantitative estimate of drug-likeness (QED) is 0.485. The number of nitrogens with one attached hydrogen (secondary N) is 2. The smallest absolute Gasteiger partial charge is 0.213 e. The average Bonchev–Trinajstić information content (AvgIpc) is 3.17. The summed E-state index contributed by atoms with van der Waals surface area (Å²) in [5.74, 6) is 0.619. The molecule has 0 saturated heterocycles. The molecule has 0 aliphatic rings. The summed E-state index contributed by atoms with van der Waals surface area (Å²) in [6.45, 7) is 1.95. The fourth-order valence-electron chi connectivity index (χ4n) is 3.11. The summed E-state index contributed by atoms with van der Waals surface area (Å²) in [6.07, 6.45) is 4.41. The number of methoxy groups -OCH3 is 1. The molecule has 28 heavy (non-hydrogen) atoms. The number of aromatic amines is 1. The van der Waals surface area contributed by atoms with Gasteiger partial charge < -0.3 is 15.0 Å². The third kappa shape index (κ3) is 3.34. The van der Waals surface area contributed by atoms with Crippen LogP contribution in [0.3, 0.4) is 0 Å². The number of benzene rings is 1. The largest absolute Gasteiger partial charge is 0.496 e. The summed E-state index contributed by atoms with van der Waals surface area (Å²) in [4.78, 5) is 19.2. The zero-order valence-corrected chi connectivity index (χ0v) is 15.8. The van der Waals surface area contributed by atoms with Crippen LogP contribution < -0.4 is 10.1 Å². The number of hydrogen-bond acceptors (Lipinski definition) is 6. The maximum absolute atomic E-state index is 13.6. The van der Waals surface area contributed by atoms with Crippen LogP contribution in [0.5, 0.6) is 5.75 Å². The van der Waals surface area contributed by atoms with Crippen LogP contribution in [0.1, 0.15) is 18.5 Å². The number of imidazole rings is 1. The molecule has 0 aliphatic heterocycles. The highest BCUT2D eigenvalue weighted by atomic mass is 35.5. The number of pyridine rings is 1. The zero-order chi connectivity index (χ0) is 19.7. The van der Waals surface area contributed by atoms with Gasteiger partial charge >= 0.3 is 0 Å². The molecule has 7 nitrogen and oxygen atoms in total. The minimum absolute atomic E-state index is 0.222. The molecular weight excluding hydrogens is 383 g/mol. The Bertz CT molecular complexity index is 1150. The van der Waals surface area contributed by atoms with Crippen LogP contribution in [0.4, 0.5) is 10.2 Å². The highest BCUT2D eigenvalue weighted by molar-refractivity contribution is 6.31. The van der Waals surface area contributed by atoms with Crippen molar-refractivity contribution in [3.8, 4) is 16.9 Å². The van der Waals surface area contributed by atoms with Gasteiger partial charge in [-0.25, -0.2) is 19.9 Å². The van der Waals surface area contributed by atoms with E-state index in [4.69, 9.17) is 16.3 Å². The Morgan fingerprint density at radius 3 is 2.82 bits per heavy atom. The van der Waals surface area contributed by atoms with E-state index in [-0.39, 0.29) is 6.04 Å². The van der Waals surface area contributed by atoms with E-state index >= 15 is 0 Å². The fourth-order valence-corrected chi connectivity index (χ4v) is 3.33. The van der Waals surface area contributed by atoms with Gasteiger partial charge in [0.2, 0.25) is 5.95 Å². The molecule has 4 rings (SSSR count). The molecule has 1 aromatic carbocycles. The van der Waals surface area contributed by atoms with Crippen molar-refractivity contribution in [2.45, 2.75) is 13.0 Å². The molecule has 0 radical (unpaired) electrons. The second-order valence-electron chi connectivity index (χ2n) is 6.13. The molecule has 9 heteroatoms. The van der Waals surface area contributed by atoms with Crippen LogP contribution in [0.25, 0.3) is 22.3 Å². The number of hydrogen-bond donors (Lipinski definition) is 2. The first-order valence-corrected chi connectivity index (χ1v) is 8.84. The molecule has 2 N–H and O–H groups in total. The first-order valence-electron chi connectivity index (χ1n) is 8.46. The molecule has 0 saturated carbocycles. The molecule has 1 unspecified atom stereocenters. The maximum atomic E-state index is 13.6. The maximum Gasteiger partial charge on any atom is 0.213 e. The molecule has 3 aromatic heterocycles. The van der Waals surface area contributed by atoms with Crippen molar-refractivity contribution in [3.63, 3.8) is 0 Å². The van der Waals surface area contributed by atoms with E-state index in [0.717, 1.165) is 5.56 Å². The van der Waals surface area contributed by atoms with Crippen molar-refractivity contribution in [2.75, 3.05) is 12.4 Å². The fraction of sp³-hybridized carbons (Fsp3) is 0.158. The van der Waals surface area contributed by atoms with Crippen molar-refractivity contribution in [3.05, 3.63) is 59.7 Å². The van der Waals surface area contributed by atoms with Gasteiger partial charge in [0.15, 0.2) is 11.5 Å².